The van der Waals surface area contributed by atoms with Gasteiger partial charge in [0.15, 0.2) is 0 Å². The van der Waals surface area contributed by atoms with Crippen LogP contribution < -0.4 is 4.89 Å². The zero-order valence-electron chi connectivity index (χ0n) is 40.9. The van der Waals surface area contributed by atoms with Gasteiger partial charge in [0.05, 0.1) is 34.4 Å². The second kappa shape index (κ2) is 45.3. The van der Waals surface area contributed by atoms with Gasteiger partial charge in [0.25, 0.3) is 7.82 Å². The number of esters is 1. The molecule has 0 amide bonds. The summed E-state index contributed by atoms with van der Waals surface area (Å²) in [5.74, 6) is -0.333. The molecule has 0 saturated carbocycles. The number of hydrogen-bond donors (Lipinski definition) is 0. The number of quaternary nitrogens is 1. The topological polar surface area (TPSA) is 94.1 Å². The highest BCUT2D eigenvalue weighted by Gasteiger charge is 2.20. The molecule has 0 fully saturated rings. The third-order valence-corrected chi connectivity index (χ3v) is 12.2. The first kappa shape index (κ1) is 59.7. The minimum Gasteiger partial charge on any atom is -0.756 e. The third-order valence-electron chi connectivity index (χ3n) is 11.2. The van der Waals surface area contributed by atoms with Crippen LogP contribution in [0.4, 0.5) is 0 Å². The van der Waals surface area contributed by atoms with Gasteiger partial charge in [-0.05, 0) is 51.4 Å². The van der Waals surface area contributed by atoms with Crippen LogP contribution in [0.3, 0.4) is 0 Å². The summed E-state index contributed by atoms with van der Waals surface area (Å²) in [6.45, 7) is 5.42. The zero-order chi connectivity index (χ0) is 44.8. The van der Waals surface area contributed by atoms with E-state index in [9.17, 15) is 14.3 Å². The lowest BCUT2D eigenvalue weighted by atomic mass is 10.0. The molecule has 0 rings (SSSR count). The van der Waals surface area contributed by atoms with Crippen LogP contribution in [-0.2, 0) is 27.9 Å². The first-order valence-corrected chi connectivity index (χ1v) is 27.2. The van der Waals surface area contributed by atoms with Crippen LogP contribution in [0.5, 0.6) is 0 Å². The van der Waals surface area contributed by atoms with Crippen molar-refractivity contribution in [2.24, 2.45) is 0 Å². The largest absolute Gasteiger partial charge is 0.756 e. The lowest BCUT2D eigenvalue weighted by Gasteiger charge is -2.28. The van der Waals surface area contributed by atoms with Crippen LogP contribution >= 0.6 is 7.82 Å². The fourth-order valence-electron chi connectivity index (χ4n) is 7.20. The van der Waals surface area contributed by atoms with E-state index in [1.165, 1.54) is 167 Å². The molecule has 0 heterocycles. The Balaban J connectivity index is 4.06. The van der Waals surface area contributed by atoms with E-state index in [0.29, 0.717) is 24.1 Å². The van der Waals surface area contributed by atoms with Crippen molar-refractivity contribution in [3.63, 3.8) is 0 Å². The summed E-state index contributed by atoms with van der Waals surface area (Å²) in [5, 5.41) is 0. The van der Waals surface area contributed by atoms with Gasteiger partial charge >= 0.3 is 5.97 Å². The van der Waals surface area contributed by atoms with Crippen LogP contribution in [-0.4, -0.2) is 70.7 Å². The molecule has 360 valence electrons. The van der Waals surface area contributed by atoms with Crippen LogP contribution in [0, 0.1) is 0 Å². The van der Waals surface area contributed by atoms with Gasteiger partial charge < -0.3 is 27.9 Å². The molecule has 0 spiro atoms. The molecule has 0 bridgehead atoms. The number of carbonyl (C=O) groups is 1. The number of hydrogen-bond acceptors (Lipinski definition) is 7. The molecule has 0 aliphatic heterocycles. The van der Waals surface area contributed by atoms with Crippen molar-refractivity contribution in [3.8, 4) is 0 Å². The Morgan fingerprint density at radius 1 is 0.508 bits per heavy atom. The molecule has 2 atom stereocenters. The van der Waals surface area contributed by atoms with E-state index in [0.717, 1.165) is 44.9 Å². The Morgan fingerprint density at radius 3 is 1.34 bits per heavy atom. The fourth-order valence-corrected chi connectivity index (χ4v) is 7.93. The maximum absolute atomic E-state index is 12.7. The van der Waals surface area contributed by atoms with Crippen molar-refractivity contribution >= 4 is 13.8 Å². The number of allylic oxidation sites excluding steroid dienone is 6. The van der Waals surface area contributed by atoms with E-state index >= 15 is 0 Å². The molecule has 0 aromatic rings. The predicted molar refractivity (Wildman–Crippen MR) is 259 cm³/mol. The van der Waals surface area contributed by atoms with Crippen LogP contribution in [0.1, 0.15) is 232 Å². The van der Waals surface area contributed by atoms with E-state index in [2.05, 4.69) is 50.3 Å². The van der Waals surface area contributed by atoms with Crippen molar-refractivity contribution in [1.29, 1.82) is 0 Å². The molecule has 0 aromatic carbocycles. The van der Waals surface area contributed by atoms with Gasteiger partial charge in [-0.1, -0.05) is 211 Å². The van der Waals surface area contributed by atoms with Crippen molar-refractivity contribution < 1.29 is 37.3 Å². The van der Waals surface area contributed by atoms with Crippen molar-refractivity contribution in [3.05, 3.63) is 36.5 Å². The van der Waals surface area contributed by atoms with Crippen LogP contribution in [0.2, 0.25) is 0 Å². The highest BCUT2D eigenvalue weighted by atomic mass is 31.2. The second-order valence-electron chi connectivity index (χ2n) is 18.5. The number of likely N-dealkylation sites (N-methyl/N-ethyl adjacent to an activating group) is 1. The highest BCUT2D eigenvalue weighted by molar-refractivity contribution is 7.45. The fraction of sp³-hybridized carbons (Fsp3) is 0.865. The summed E-state index contributed by atoms with van der Waals surface area (Å²) in [6.07, 6.45) is 54.5. The van der Waals surface area contributed by atoms with Gasteiger partial charge in [0, 0.05) is 13.0 Å². The number of rotatable bonds is 48. The van der Waals surface area contributed by atoms with E-state index in [1.54, 1.807) is 0 Å². The number of carbonyl (C=O) groups excluding carboxylic acids is 1. The minimum atomic E-state index is -4.53. The molecule has 9 heteroatoms. The standard InChI is InChI=1S/C52H100NO7P/c1-6-8-10-12-14-16-18-20-21-22-23-24-25-26-27-28-29-30-31-32-34-36-38-40-42-44-47-57-49-51(50-59-61(55,56)58-48-46-53(3,4)5)60-52(54)45-43-41-39-37-35-33-19-17-15-13-11-9-7-2/h18,20,22-23,25-26,51H,6-17,19,21,24,27-50H2,1-5H3/b20-18-,23-22-,26-25-. The first-order chi connectivity index (χ1) is 29.6. The number of phosphoric acid groups is 1. The summed E-state index contributed by atoms with van der Waals surface area (Å²) in [5.41, 5.74) is 0. The number of unbranched alkanes of at least 4 members (excludes halogenated alkanes) is 28. The predicted octanol–water partition coefficient (Wildman–Crippen LogP) is 15.1. The molecule has 0 saturated heterocycles. The van der Waals surface area contributed by atoms with E-state index in [4.69, 9.17) is 18.5 Å². The molecule has 61 heavy (non-hydrogen) atoms. The second-order valence-corrected chi connectivity index (χ2v) is 19.9. The highest BCUT2D eigenvalue weighted by Crippen LogP contribution is 2.38. The maximum atomic E-state index is 12.7. The summed E-state index contributed by atoms with van der Waals surface area (Å²) >= 11 is 0. The van der Waals surface area contributed by atoms with Crippen LogP contribution in [0.15, 0.2) is 36.5 Å². The van der Waals surface area contributed by atoms with Gasteiger partial charge in [-0.15, -0.1) is 0 Å². The lowest BCUT2D eigenvalue weighted by molar-refractivity contribution is -0.870. The summed E-state index contributed by atoms with van der Waals surface area (Å²) < 4.78 is 34.7. The SMILES string of the molecule is CCCCCCC/C=C\C/C=C\C/C=C\CCCCCCCCCCCCCOCC(COP(=O)([O-])OCC[N+](C)(C)C)OC(=O)CCCCCCCCCCCCCCC. The summed E-state index contributed by atoms with van der Waals surface area (Å²) in [6, 6.07) is 0. The van der Waals surface area contributed by atoms with E-state index < -0.39 is 13.9 Å². The zero-order valence-corrected chi connectivity index (χ0v) is 41.8. The Bertz CT molecular complexity index is 1070. The van der Waals surface area contributed by atoms with Gasteiger partial charge in [0.1, 0.15) is 19.3 Å². The molecule has 0 aliphatic rings. The summed E-state index contributed by atoms with van der Waals surface area (Å²) in [7, 11) is 1.36. The summed E-state index contributed by atoms with van der Waals surface area (Å²) in [4.78, 5) is 25.1. The molecule has 2 unspecified atom stereocenters. The first-order valence-electron chi connectivity index (χ1n) is 25.7. The van der Waals surface area contributed by atoms with Crippen molar-refractivity contribution in [1.82, 2.24) is 0 Å². The maximum Gasteiger partial charge on any atom is 0.306 e. The molecule has 0 radical (unpaired) electrons. The Kier molecular flexibility index (Phi) is 44.3. The normalized spacial score (nSPS) is 13.9. The van der Waals surface area contributed by atoms with Crippen molar-refractivity contribution in [2.45, 2.75) is 238 Å². The smallest absolute Gasteiger partial charge is 0.306 e. The van der Waals surface area contributed by atoms with Crippen molar-refractivity contribution in [2.75, 3.05) is 54.1 Å². The average Bonchev–Trinajstić information content (AvgIpc) is 3.22. The van der Waals surface area contributed by atoms with Gasteiger partial charge in [0.2, 0.25) is 0 Å². The van der Waals surface area contributed by atoms with Gasteiger partial charge in [-0.25, -0.2) is 0 Å². The van der Waals surface area contributed by atoms with E-state index in [-0.39, 0.29) is 25.8 Å². The average molecular weight is 882 g/mol. The Labute approximate surface area is 378 Å². The molecule has 0 aromatic heterocycles. The van der Waals surface area contributed by atoms with Gasteiger partial charge in [-0.3, -0.25) is 9.36 Å². The van der Waals surface area contributed by atoms with Crippen LogP contribution in [0.25, 0.3) is 0 Å². The Morgan fingerprint density at radius 2 is 0.902 bits per heavy atom. The quantitative estimate of drug-likeness (QED) is 0.0197. The number of phosphoric ester groups is 1. The molecular formula is C52H100NO7P. The number of ether oxygens (including phenoxy) is 2. The lowest BCUT2D eigenvalue weighted by Crippen LogP contribution is -2.37. The van der Waals surface area contributed by atoms with Gasteiger partial charge in [-0.2, -0.15) is 0 Å². The number of nitrogens with zero attached hydrogens (tertiary/aromatic N) is 1. The van der Waals surface area contributed by atoms with E-state index in [1.807, 2.05) is 21.1 Å². The minimum absolute atomic E-state index is 0.0269. The molecule has 8 nitrogen and oxygen atoms in total. The Hall–Kier alpha value is -1.28. The monoisotopic (exact) mass is 882 g/mol. The molecule has 0 N–H and O–H groups in total. The molecular weight excluding hydrogens is 782 g/mol. The third kappa shape index (κ3) is 49.6. The molecule has 0 aliphatic carbocycles.